The van der Waals surface area contributed by atoms with E-state index < -0.39 is 23.3 Å². The standard InChI is InChI=1S/C23H22F3NO5/c1-22(2)20(28)19(21(29)32-22)14-30-18-9-5-15(6-10-18)11-12-27-31-13-16-3-7-17(8-4-16)23(24,25)26/h3-10,12,28H,11,13-14H2,1-2H3. The van der Waals surface area contributed by atoms with Crippen molar-refractivity contribution in [2.75, 3.05) is 6.61 Å². The molecule has 6 nitrogen and oxygen atoms in total. The molecule has 0 atom stereocenters. The van der Waals surface area contributed by atoms with E-state index in [1.54, 1.807) is 32.2 Å². The number of nitrogens with zero attached hydrogens (tertiary/aromatic N) is 1. The highest BCUT2D eigenvalue weighted by Gasteiger charge is 2.40. The monoisotopic (exact) mass is 449 g/mol. The lowest BCUT2D eigenvalue weighted by atomic mass is 10.1. The number of esters is 1. The van der Waals surface area contributed by atoms with E-state index in [1.165, 1.54) is 12.1 Å². The Morgan fingerprint density at radius 2 is 1.66 bits per heavy atom. The van der Waals surface area contributed by atoms with Crippen LogP contribution in [0.25, 0.3) is 0 Å². The molecule has 32 heavy (non-hydrogen) atoms. The van der Waals surface area contributed by atoms with Gasteiger partial charge >= 0.3 is 12.1 Å². The van der Waals surface area contributed by atoms with Crippen molar-refractivity contribution < 1.29 is 37.4 Å². The van der Waals surface area contributed by atoms with Crippen molar-refractivity contribution >= 4 is 12.2 Å². The third-order valence-corrected chi connectivity index (χ3v) is 4.75. The number of hydrogen-bond acceptors (Lipinski definition) is 6. The quantitative estimate of drug-likeness (QED) is 0.350. The van der Waals surface area contributed by atoms with Gasteiger partial charge in [-0.15, -0.1) is 0 Å². The summed E-state index contributed by atoms with van der Waals surface area (Å²) in [4.78, 5) is 16.9. The molecule has 2 aromatic rings. The lowest BCUT2D eigenvalue weighted by Gasteiger charge is -2.16. The summed E-state index contributed by atoms with van der Waals surface area (Å²) in [5.41, 5.74) is -0.169. The lowest BCUT2D eigenvalue weighted by molar-refractivity contribution is -0.145. The number of alkyl halides is 3. The van der Waals surface area contributed by atoms with Crippen molar-refractivity contribution in [3.63, 3.8) is 0 Å². The number of hydrogen-bond donors (Lipinski definition) is 1. The van der Waals surface area contributed by atoms with Gasteiger partial charge in [-0.1, -0.05) is 29.4 Å². The van der Waals surface area contributed by atoms with E-state index in [0.29, 0.717) is 17.7 Å². The second-order valence-electron chi connectivity index (χ2n) is 7.62. The Morgan fingerprint density at radius 1 is 1.03 bits per heavy atom. The third-order valence-electron chi connectivity index (χ3n) is 4.75. The fourth-order valence-electron chi connectivity index (χ4n) is 2.90. The van der Waals surface area contributed by atoms with E-state index in [4.69, 9.17) is 14.3 Å². The summed E-state index contributed by atoms with van der Waals surface area (Å²) in [5.74, 6) is -0.217. The van der Waals surface area contributed by atoms with Gasteiger partial charge in [0, 0.05) is 12.6 Å². The molecule has 1 aliphatic heterocycles. The average molecular weight is 449 g/mol. The number of aliphatic hydroxyl groups is 1. The Hall–Kier alpha value is -3.49. The van der Waals surface area contributed by atoms with E-state index in [-0.39, 0.29) is 24.5 Å². The smallest absolute Gasteiger partial charge is 0.416 e. The van der Waals surface area contributed by atoms with Crippen molar-refractivity contribution in [2.24, 2.45) is 5.16 Å². The fraction of sp³-hybridized carbons (Fsp3) is 0.304. The first-order valence-electron chi connectivity index (χ1n) is 9.74. The molecule has 9 heteroatoms. The summed E-state index contributed by atoms with van der Waals surface area (Å²) >= 11 is 0. The summed E-state index contributed by atoms with van der Waals surface area (Å²) in [7, 11) is 0. The molecule has 1 aliphatic rings. The van der Waals surface area contributed by atoms with E-state index in [0.717, 1.165) is 17.7 Å². The molecule has 170 valence electrons. The summed E-state index contributed by atoms with van der Waals surface area (Å²) in [6.45, 7) is 3.14. The number of rotatable bonds is 8. The number of halogens is 3. The average Bonchev–Trinajstić information content (AvgIpc) is 2.93. The number of carbonyl (C=O) groups excluding carboxylic acids is 1. The second-order valence-corrected chi connectivity index (χ2v) is 7.62. The molecule has 0 aromatic heterocycles. The highest BCUT2D eigenvalue weighted by atomic mass is 19.4. The van der Waals surface area contributed by atoms with Crippen LogP contribution in [0.15, 0.2) is 65.0 Å². The number of ether oxygens (including phenoxy) is 2. The Labute approximate surface area is 182 Å². The van der Waals surface area contributed by atoms with Gasteiger partial charge in [0.25, 0.3) is 0 Å². The molecule has 0 unspecified atom stereocenters. The molecule has 1 heterocycles. The molecular weight excluding hydrogens is 427 g/mol. The van der Waals surface area contributed by atoms with E-state index in [2.05, 4.69) is 5.16 Å². The molecule has 0 radical (unpaired) electrons. The van der Waals surface area contributed by atoms with E-state index in [9.17, 15) is 23.1 Å². The molecule has 0 fully saturated rings. The molecular formula is C23H22F3NO5. The second kappa shape index (κ2) is 9.33. The third kappa shape index (κ3) is 5.81. The molecule has 3 rings (SSSR count). The maximum absolute atomic E-state index is 12.5. The van der Waals surface area contributed by atoms with Gasteiger partial charge in [0.05, 0.1) is 5.56 Å². The van der Waals surface area contributed by atoms with Crippen LogP contribution in [0.1, 0.15) is 30.5 Å². The van der Waals surface area contributed by atoms with Crippen LogP contribution in [0.3, 0.4) is 0 Å². The summed E-state index contributed by atoms with van der Waals surface area (Å²) in [5, 5.41) is 13.9. The highest BCUT2D eigenvalue weighted by molar-refractivity contribution is 5.92. The van der Waals surface area contributed by atoms with Crippen molar-refractivity contribution in [1.29, 1.82) is 0 Å². The van der Waals surface area contributed by atoms with Crippen LogP contribution in [0.5, 0.6) is 5.75 Å². The normalized spacial score (nSPS) is 15.8. The van der Waals surface area contributed by atoms with Crippen LogP contribution in [0, 0.1) is 0 Å². The van der Waals surface area contributed by atoms with Crippen LogP contribution in [-0.4, -0.2) is 29.5 Å². The first-order valence-corrected chi connectivity index (χ1v) is 9.74. The van der Waals surface area contributed by atoms with Gasteiger partial charge in [-0.3, -0.25) is 0 Å². The number of benzene rings is 2. The summed E-state index contributed by atoms with van der Waals surface area (Å²) in [6.07, 6.45) is -2.35. The van der Waals surface area contributed by atoms with Gasteiger partial charge in [-0.2, -0.15) is 13.2 Å². The predicted molar refractivity (Wildman–Crippen MR) is 110 cm³/mol. The van der Waals surface area contributed by atoms with Crippen molar-refractivity contribution in [2.45, 2.75) is 38.7 Å². The summed E-state index contributed by atoms with van der Waals surface area (Å²) < 4.78 is 48.2. The van der Waals surface area contributed by atoms with Crippen LogP contribution in [-0.2, 0) is 33.6 Å². The van der Waals surface area contributed by atoms with Gasteiger partial charge in [-0.05, 0) is 49.2 Å². The van der Waals surface area contributed by atoms with Crippen molar-refractivity contribution in [1.82, 2.24) is 0 Å². The topological polar surface area (TPSA) is 77.4 Å². The zero-order valence-corrected chi connectivity index (χ0v) is 17.5. The predicted octanol–water partition coefficient (Wildman–Crippen LogP) is 4.98. The first kappa shape index (κ1) is 23.2. The van der Waals surface area contributed by atoms with Gasteiger partial charge in [-0.25, -0.2) is 4.79 Å². The fourth-order valence-corrected chi connectivity index (χ4v) is 2.90. The minimum Gasteiger partial charge on any atom is -0.507 e. The van der Waals surface area contributed by atoms with Gasteiger partial charge in [0.1, 0.15) is 30.3 Å². The van der Waals surface area contributed by atoms with E-state index >= 15 is 0 Å². The number of aliphatic hydroxyl groups excluding tert-OH is 1. The molecule has 0 bridgehead atoms. The van der Waals surface area contributed by atoms with Crippen LogP contribution in [0.2, 0.25) is 0 Å². The molecule has 2 aromatic carbocycles. The first-order chi connectivity index (χ1) is 15.1. The SMILES string of the molecule is CC1(C)OC(=O)C(COc2ccc(CC=NOCc3ccc(C(F)(F)F)cc3)cc2)=C1O. The van der Waals surface area contributed by atoms with Crippen LogP contribution in [0.4, 0.5) is 13.2 Å². The molecule has 0 aliphatic carbocycles. The van der Waals surface area contributed by atoms with Crippen LogP contribution < -0.4 is 4.74 Å². The molecule has 0 saturated carbocycles. The Balaban J connectivity index is 1.43. The largest absolute Gasteiger partial charge is 0.507 e. The highest BCUT2D eigenvalue weighted by Crippen LogP contribution is 2.31. The Bertz CT molecular complexity index is 1010. The minimum atomic E-state index is -4.36. The minimum absolute atomic E-state index is 0.0589. The van der Waals surface area contributed by atoms with Gasteiger partial charge in [0.15, 0.2) is 5.60 Å². The Morgan fingerprint density at radius 3 is 2.22 bits per heavy atom. The van der Waals surface area contributed by atoms with Gasteiger partial charge < -0.3 is 19.4 Å². The zero-order valence-electron chi connectivity index (χ0n) is 17.5. The Kier molecular flexibility index (Phi) is 6.76. The van der Waals surface area contributed by atoms with Gasteiger partial charge in [0.2, 0.25) is 0 Å². The number of oxime groups is 1. The van der Waals surface area contributed by atoms with E-state index in [1.807, 2.05) is 12.1 Å². The van der Waals surface area contributed by atoms with Crippen molar-refractivity contribution in [3.8, 4) is 5.75 Å². The maximum Gasteiger partial charge on any atom is 0.416 e. The summed E-state index contributed by atoms with van der Waals surface area (Å²) in [6, 6.07) is 11.7. The molecule has 0 saturated heterocycles. The molecule has 1 N–H and O–H groups in total. The van der Waals surface area contributed by atoms with Crippen LogP contribution >= 0.6 is 0 Å². The van der Waals surface area contributed by atoms with Crippen molar-refractivity contribution in [3.05, 3.63) is 76.6 Å². The number of carbonyl (C=O) groups is 1. The molecule has 0 spiro atoms. The lowest BCUT2D eigenvalue weighted by Crippen LogP contribution is -2.22. The number of cyclic esters (lactones) is 1. The maximum atomic E-state index is 12.5. The zero-order chi connectivity index (χ0) is 23.4. The molecule has 0 amide bonds.